The van der Waals surface area contributed by atoms with Crippen molar-refractivity contribution in [1.29, 1.82) is 0 Å². The zero-order chi connectivity index (χ0) is 11.4. The van der Waals surface area contributed by atoms with E-state index in [-0.39, 0.29) is 6.03 Å². The Morgan fingerprint density at radius 3 is 2.88 bits per heavy atom. The normalized spacial score (nSPS) is 20.6. The molecule has 0 radical (unpaired) electrons. The van der Waals surface area contributed by atoms with Crippen molar-refractivity contribution in [3.8, 4) is 0 Å². The van der Waals surface area contributed by atoms with Crippen molar-refractivity contribution >= 4 is 11.7 Å². The molecule has 2 amide bonds. The third-order valence-electron chi connectivity index (χ3n) is 2.68. The minimum atomic E-state index is -0.0143. The molecule has 0 bridgehead atoms. The standard InChI is InChI=1S/C12H17N3O/c1-10-9-15(8-7-13-10)12(16)14-11-5-3-2-4-6-11/h2-6,10,13H,7-9H2,1H3,(H,14,16)/t10-/m1/s1. The maximum atomic E-state index is 11.9. The van der Waals surface area contributed by atoms with Crippen LogP contribution in [0.5, 0.6) is 0 Å². The van der Waals surface area contributed by atoms with Gasteiger partial charge >= 0.3 is 6.03 Å². The maximum Gasteiger partial charge on any atom is 0.321 e. The Labute approximate surface area is 95.6 Å². The van der Waals surface area contributed by atoms with Gasteiger partial charge in [-0.05, 0) is 19.1 Å². The number of hydrogen-bond acceptors (Lipinski definition) is 2. The first-order valence-corrected chi connectivity index (χ1v) is 5.60. The van der Waals surface area contributed by atoms with Crippen LogP contribution in [-0.2, 0) is 0 Å². The predicted molar refractivity (Wildman–Crippen MR) is 64.5 cm³/mol. The number of piperazine rings is 1. The number of carbonyl (C=O) groups excluding carboxylic acids is 1. The summed E-state index contributed by atoms with van der Waals surface area (Å²) in [5.74, 6) is 0. The average molecular weight is 219 g/mol. The van der Waals surface area contributed by atoms with E-state index in [0.29, 0.717) is 6.04 Å². The molecule has 1 aromatic carbocycles. The summed E-state index contributed by atoms with van der Waals surface area (Å²) in [4.78, 5) is 13.7. The molecule has 16 heavy (non-hydrogen) atoms. The molecule has 1 atom stereocenters. The Morgan fingerprint density at radius 2 is 2.19 bits per heavy atom. The molecule has 1 aliphatic rings. The van der Waals surface area contributed by atoms with Gasteiger partial charge in [-0.1, -0.05) is 18.2 Å². The number of para-hydroxylation sites is 1. The summed E-state index contributed by atoms with van der Waals surface area (Å²) in [6.07, 6.45) is 0. The first kappa shape index (κ1) is 11.0. The van der Waals surface area contributed by atoms with Crippen molar-refractivity contribution in [2.75, 3.05) is 25.0 Å². The van der Waals surface area contributed by atoms with E-state index in [4.69, 9.17) is 0 Å². The van der Waals surface area contributed by atoms with Crippen molar-refractivity contribution in [2.24, 2.45) is 0 Å². The van der Waals surface area contributed by atoms with E-state index in [1.54, 1.807) is 0 Å². The molecule has 0 spiro atoms. The van der Waals surface area contributed by atoms with Gasteiger partial charge in [0, 0.05) is 31.4 Å². The number of amides is 2. The summed E-state index contributed by atoms with van der Waals surface area (Å²) in [7, 11) is 0. The number of benzene rings is 1. The van der Waals surface area contributed by atoms with Crippen LogP contribution < -0.4 is 10.6 Å². The summed E-state index contributed by atoms with van der Waals surface area (Å²) in [5, 5.41) is 6.20. The number of hydrogen-bond donors (Lipinski definition) is 2. The van der Waals surface area contributed by atoms with Crippen molar-refractivity contribution in [3.63, 3.8) is 0 Å². The Hall–Kier alpha value is -1.55. The van der Waals surface area contributed by atoms with E-state index in [1.807, 2.05) is 35.2 Å². The van der Waals surface area contributed by atoms with Crippen molar-refractivity contribution in [2.45, 2.75) is 13.0 Å². The van der Waals surface area contributed by atoms with Crippen LogP contribution in [-0.4, -0.2) is 36.6 Å². The first-order chi connectivity index (χ1) is 7.75. The molecular formula is C12H17N3O. The first-order valence-electron chi connectivity index (χ1n) is 5.60. The fraction of sp³-hybridized carbons (Fsp3) is 0.417. The van der Waals surface area contributed by atoms with Gasteiger partial charge in [0.25, 0.3) is 0 Å². The largest absolute Gasteiger partial charge is 0.322 e. The summed E-state index contributed by atoms with van der Waals surface area (Å²) in [6, 6.07) is 9.90. The van der Waals surface area contributed by atoms with Crippen molar-refractivity contribution in [1.82, 2.24) is 10.2 Å². The fourth-order valence-corrected chi connectivity index (χ4v) is 1.84. The molecule has 2 N–H and O–H groups in total. The van der Waals surface area contributed by atoms with Crippen LogP contribution in [0.25, 0.3) is 0 Å². The van der Waals surface area contributed by atoms with E-state index < -0.39 is 0 Å². The second-order valence-electron chi connectivity index (χ2n) is 4.10. The van der Waals surface area contributed by atoms with E-state index >= 15 is 0 Å². The lowest BCUT2D eigenvalue weighted by atomic mass is 10.2. The SMILES string of the molecule is C[C@@H]1CN(C(=O)Nc2ccccc2)CCN1. The molecule has 1 aliphatic heterocycles. The highest BCUT2D eigenvalue weighted by atomic mass is 16.2. The van der Waals surface area contributed by atoms with E-state index in [2.05, 4.69) is 17.6 Å². The van der Waals surface area contributed by atoms with Gasteiger partial charge in [0.1, 0.15) is 0 Å². The van der Waals surface area contributed by atoms with Gasteiger partial charge in [0.05, 0.1) is 0 Å². The Balaban J connectivity index is 1.93. The highest BCUT2D eigenvalue weighted by Gasteiger charge is 2.19. The minimum Gasteiger partial charge on any atom is -0.322 e. The summed E-state index contributed by atoms with van der Waals surface area (Å²) < 4.78 is 0. The summed E-state index contributed by atoms with van der Waals surface area (Å²) in [6.45, 7) is 4.48. The number of nitrogens with zero attached hydrogens (tertiary/aromatic N) is 1. The molecular weight excluding hydrogens is 202 g/mol. The highest BCUT2D eigenvalue weighted by Crippen LogP contribution is 2.07. The molecule has 1 heterocycles. The molecule has 0 aliphatic carbocycles. The number of anilines is 1. The van der Waals surface area contributed by atoms with Gasteiger partial charge in [-0.3, -0.25) is 0 Å². The number of urea groups is 1. The average Bonchev–Trinajstić information content (AvgIpc) is 2.30. The lowest BCUT2D eigenvalue weighted by Gasteiger charge is -2.31. The molecule has 2 rings (SSSR count). The fourth-order valence-electron chi connectivity index (χ4n) is 1.84. The topological polar surface area (TPSA) is 44.4 Å². The van der Waals surface area contributed by atoms with Crippen LogP contribution >= 0.6 is 0 Å². The summed E-state index contributed by atoms with van der Waals surface area (Å²) in [5.41, 5.74) is 0.846. The Kier molecular flexibility index (Phi) is 3.41. The molecule has 0 saturated carbocycles. The van der Waals surface area contributed by atoms with Crippen molar-refractivity contribution in [3.05, 3.63) is 30.3 Å². The minimum absolute atomic E-state index is 0.0143. The van der Waals surface area contributed by atoms with Gasteiger partial charge in [0.15, 0.2) is 0 Å². The van der Waals surface area contributed by atoms with Crippen LogP contribution in [0.2, 0.25) is 0 Å². The van der Waals surface area contributed by atoms with Crippen molar-refractivity contribution < 1.29 is 4.79 Å². The lowest BCUT2D eigenvalue weighted by molar-refractivity contribution is 0.192. The van der Waals surface area contributed by atoms with Gasteiger partial charge < -0.3 is 15.5 Å². The van der Waals surface area contributed by atoms with E-state index in [0.717, 1.165) is 25.3 Å². The smallest absolute Gasteiger partial charge is 0.321 e. The Morgan fingerprint density at radius 1 is 1.44 bits per heavy atom. The van der Waals surface area contributed by atoms with Gasteiger partial charge in [-0.2, -0.15) is 0 Å². The molecule has 0 unspecified atom stereocenters. The van der Waals surface area contributed by atoms with E-state index in [1.165, 1.54) is 0 Å². The highest BCUT2D eigenvalue weighted by molar-refractivity contribution is 5.89. The molecule has 4 heteroatoms. The third-order valence-corrected chi connectivity index (χ3v) is 2.68. The van der Waals surface area contributed by atoms with Crippen LogP contribution in [0.3, 0.4) is 0 Å². The van der Waals surface area contributed by atoms with Crippen LogP contribution in [0.1, 0.15) is 6.92 Å². The molecule has 1 fully saturated rings. The van der Waals surface area contributed by atoms with Crippen LogP contribution in [0.15, 0.2) is 30.3 Å². The molecule has 1 aromatic rings. The second kappa shape index (κ2) is 4.99. The second-order valence-corrected chi connectivity index (χ2v) is 4.10. The molecule has 0 aromatic heterocycles. The lowest BCUT2D eigenvalue weighted by Crippen LogP contribution is -2.52. The Bertz CT molecular complexity index is 353. The van der Waals surface area contributed by atoms with Gasteiger partial charge in [-0.25, -0.2) is 4.79 Å². The zero-order valence-corrected chi connectivity index (χ0v) is 9.44. The molecule has 86 valence electrons. The predicted octanol–water partition coefficient (Wildman–Crippen LogP) is 1.51. The maximum absolute atomic E-state index is 11.9. The van der Waals surface area contributed by atoms with E-state index in [9.17, 15) is 4.79 Å². The van der Waals surface area contributed by atoms with Crippen LogP contribution in [0.4, 0.5) is 10.5 Å². The van der Waals surface area contributed by atoms with Gasteiger partial charge in [0.2, 0.25) is 0 Å². The number of nitrogens with one attached hydrogen (secondary N) is 2. The monoisotopic (exact) mass is 219 g/mol. The summed E-state index contributed by atoms with van der Waals surface area (Å²) >= 11 is 0. The molecule has 1 saturated heterocycles. The zero-order valence-electron chi connectivity index (χ0n) is 9.44. The van der Waals surface area contributed by atoms with Crippen LogP contribution in [0, 0.1) is 0 Å². The number of carbonyl (C=O) groups is 1. The molecule has 4 nitrogen and oxygen atoms in total. The van der Waals surface area contributed by atoms with Gasteiger partial charge in [-0.15, -0.1) is 0 Å². The number of rotatable bonds is 1. The quantitative estimate of drug-likeness (QED) is 0.752. The third kappa shape index (κ3) is 2.73.